The lowest BCUT2D eigenvalue weighted by atomic mass is 10.2. The number of hydrogen-bond acceptors (Lipinski definition) is 5. The molecule has 5 nitrogen and oxygen atoms in total. The summed E-state index contributed by atoms with van der Waals surface area (Å²) in [5.41, 5.74) is 2.52. The molecule has 0 unspecified atom stereocenters. The van der Waals surface area contributed by atoms with Crippen molar-refractivity contribution in [2.45, 2.75) is 59.5 Å². The van der Waals surface area contributed by atoms with Crippen LogP contribution in [0.1, 0.15) is 36.8 Å². The minimum absolute atomic E-state index is 0.193. The van der Waals surface area contributed by atoms with Crippen molar-refractivity contribution < 1.29 is 35.7 Å². The highest BCUT2D eigenvalue weighted by atomic mass is 79.9. The first-order valence-electron chi connectivity index (χ1n) is 12.1. The zero-order valence-electron chi connectivity index (χ0n) is 21.5. The van der Waals surface area contributed by atoms with Crippen LogP contribution >= 0.6 is 15.9 Å². The van der Waals surface area contributed by atoms with E-state index in [1.54, 1.807) is 12.1 Å². The van der Waals surface area contributed by atoms with Crippen LogP contribution in [0.2, 0.25) is 0 Å². The van der Waals surface area contributed by atoms with Gasteiger partial charge in [0.25, 0.3) is 0 Å². The minimum atomic E-state index is -6.02. The SMILES string of the molecule is Cc1ccccc1[S+](c1ccc(F)cc1)c1ccccc1C.O=C(OCCCCCCBr)C(F)(F)S(=O)(=O)[O-]. The van der Waals surface area contributed by atoms with Crippen LogP contribution in [0.25, 0.3) is 0 Å². The van der Waals surface area contributed by atoms with E-state index in [1.165, 1.54) is 20.9 Å². The topological polar surface area (TPSA) is 83.5 Å². The van der Waals surface area contributed by atoms with Gasteiger partial charge in [-0.25, -0.2) is 17.6 Å². The van der Waals surface area contributed by atoms with Crippen molar-refractivity contribution in [3.8, 4) is 0 Å². The lowest BCUT2D eigenvalue weighted by molar-refractivity contribution is -0.161. The number of esters is 1. The molecular weight excluding hydrogens is 617 g/mol. The quantitative estimate of drug-likeness (QED) is 0.0726. The van der Waals surface area contributed by atoms with E-state index in [0.717, 1.165) is 23.1 Å². The highest BCUT2D eigenvalue weighted by Gasteiger charge is 2.48. The van der Waals surface area contributed by atoms with Crippen molar-refractivity contribution in [1.29, 1.82) is 0 Å². The Morgan fingerprint density at radius 3 is 1.82 bits per heavy atom. The molecule has 0 fully saturated rings. The number of carbonyl (C=O) groups excluding carboxylic acids is 1. The van der Waals surface area contributed by atoms with Crippen LogP contribution in [0.5, 0.6) is 0 Å². The van der Waals surface area contributed by atoms with Crippen molar-refractivity contribution >= 4 is 42.9 Å². The number of ether oxygens (including phenoxy) is 1. The lowest BCUT2D eigenvalue weighted by Crippen LogP contribution is -2.39. The van der Waals surface area contributed by atoms with Crippen molar-refractivity contribution in [2.24, 2.45) is 0 Å². The largest absolute Gasteiger partial charge is 0.743 e. The maximum atomic E-state index is 13.3. The Morgan fingerprint density at radius 1 is 0.872 bits per heavy atom. The first-order chi connectivity index (χ1) is 18.4. The smallest absolute Gasteiger partial charge is 0.428 e. The maximum Gasteiger partial charge on any atom is 0.428 e. The van der Waals surface area contributed by atoms with Gasteiger partial charge in [0.1, 0.15) is 5.82 Å². The zero-order chi connectivity index (χ0) is 29.1. The highest BCUT2D eigenvalue weighted by Crippen LogP contribution is 2.34. The number of alkyl halides is 3. The molecular formula is C28H30BrF3O5S2. The van der Waals surface area contributed by atoms with Crippen LogP contribution in [0.15, 0.2) is 87.5 Å². The Kier molecular flexibility index (Phi) is 13.0. The fraction of sp³-hybridized carbons (Fsp3) is 0.321. The first kappa shape index (κ1) is 32.9. The number of carbonyl (C=O) groups is 1. The van der Waals surface area contributed by atoms with Crippen molar-refractivity contribution in [3.05, 3.63) is 89.7 Å². The number of halogens is 4. The maximum absolute atomic E-state index is 13.3. The van der Waals surface area contributed by atoms with Gasteiger partial charge in [-0.2, -0.15) is 8.78 Å². The van der Waals surface area contributed by atoms with E-state index in [0.29, 0.717) is 12.8 Å². The normalized spacial score (nSPS) is 11.6. The number of unbranched alkanes of at least 4 members (excludes halogenated alkanes) is 3. The summed E-state index contributed by atoms with van der Waals surface area (Å²) < 4.78 is 72.7. The van der Waals surface area contributed by atoms with Crippen LogP contribution in [-0.2, 0) is 30.5 Å². The van der Waals surface area contributed by atoms with Gasteiger partial charge >= 0.3 is 11.2 Å². The van der Waals surface area contributed by atoms with E-state index in [4.69, 9.17) is 0 Å². The van der Waals surface area contributed by atoms with Crippen molar-refractivity contribution in [3.63, 3.8) is 0 Å². The second kappa shape index (κ2) is 15.4. The summed E-state index contributed by atoms with van der Waals surface area (Å²) in [4.78, 5) is 14.4. The minimum Gasteiger partial charge on any atom is -0.743 e. The summed E-state index contributed by atoms with van der Waals surface area (Å²) in [5.74, 6) is -2.50. The van der Waals surface area contributed by atoms with E-state index in [2.05, 4.69) is 83.0 Å². The van der Waals surface area contributed by atoms with E-state index in [1.807, 2.05) is 12.1 Å². The molecule has 3 aromatic rings. The monoisotopic (exact) mass is 646 g/mol. The molecule has 0 radical (unpaired) electrons. The van der Waals surface area contributed by atoms with Crippen molar-refractivity contribution in [1.82, 2.24) is 0 Å². The fourth-order valence-electron chi connectivity index (χ4n) is 3.42. The Morgan fingerprint density at radius 2 is 1.36 bits per heavy atom. The molecule has 0 N–H and O–H groups in total. The molecule has 0 saturated carbocycles. The molecule has 0 atom stereocenters. The predicted molar refractivity (Wildman–Crippen MR) is 149 cm³/mol. The number of aryl methyl sites for hydroxylation is 2. The van der Waals surface area contributed by atoms with Crippen LogP contribution in [0, 0.1) is 19.7 Å². The van der Waals surface area contributed by atoms with Gasteiger partial charge in [-0.1, -0.05) is 65.2 Å². The zero-order valence-corrected chi connectivity index (χ0v) is 24.8. The lowest BCUT2D eigenvalue weighted by Gasteiger charge is -2.17. The van der Waals surface area contributed by atoms with E-state index >= 15 is 0 Å². The van der Waals surface area contributed by atoms with Crippen LogP contribution in [-0.4, -0.2) is 36.1 Å². The average Bonchev–Trinajstić information content (AvgIpc) is 2.89. The predicted octanol–water partition coefficient (Wildman–Crippen LogP) is 7.16. The van der Waals surface area contributed by atoms with Gasteiger partial charge in [0, 0.05) is 16.5 Å². The Balaban J connectivity index is 0.000000285. The summed E-state index contributed by atoms with van der Waals surface area (Å²) in [5, 5.41) is -4.19. The Labute approximate surface area is 239 Å². The summed E-state index contributed by atoms with van der Waals surface area (Å²) in [7, 11) is -6.23. The fourth-order valence-corrected chi connectivity index (χ4v) is 6.44. The highest BCUT2D eigenvalue weighted by molar-refractivity contribution is 9.09. The summed E-state index contributed by atoms with van der Waals surface area (Å²) in [6, 6.07) is 23.8. The molecule has 0 aliphatic carbocycles. The van der Waals surface area contributed by atoms with E-state index < -0.39 is 21.3 Å². The van der Waals surface area contributed by atoms with Gasteiger partial charge in [0.2, 0.25) is 0 Å². The molecule has 39 heavy (non-hydrogen) atoms. The number of benzene rings is 3. The molecule has 0 spiro atoms. The summed E-state index contributed by atoms with van der Waals surface area (Å²) >= 11 is 3.20. The van der Waals surface area contributed by atoms with Gasteiger partial charge < -0.3 is 9.29 Å². The number of hydrogen-bond donors (Lipinski definition) is 0. The standard InChI is InChI=1S/C20H18FS.C8H13BrF2O5S/c1-15-7-3-5-9-19(15)22(18-13-11-17(21)12-14-18)20-10-6-4-8-16(20)2;9-5-3-1-2-4-6-16-7(12)8(10,11)17(13,14)15/h3-14H,1-2H3;1-6H2,(H,13,14,15)/q+1;/p-1. The first-order valence-corrected chi connectivity index (χ1v) is 15.8. The van der Waals surface area contributed by atoms with E-state index in [9.17, 15) is 30.9 Å². The van der Waals surface area contributed by atoms with Crippen molar-refractivity contribution in [2.75, 3.05) is 11.9 Å². The molecule has 0 heterocycles. The Hall–Kier alpha value is -2.34. The molecule has 0 amide bonds. The summed E-state index contributed by atoms with van der Waals surface area (Å²) in [6.45, 7) is 3.94. The molecule has 3 rings (SSSR count). The van der Waals surface area contributed by atoms with Gasteiger partial charge in [-0.05, 0) is 63.1 Å². The molecule has 0 aliphatic rings. The molecule has 0 bridgehead atoms. The van der Waals surface area contributed by atoms with Crippen LogP contribution in [0.3, 0.4) is 0 Å². The molecule has 11 heteroatoms. The molecule has 0 aliphatic heterocycles. The van der Waals surface area contributed by atoms with Gasteiger partial charge in [0.15, 0.2) is 24.8 Å². The van der Waals surface area contributed by atoms with Crippen LogP contribution < -0.4 is 0 Å². The number of rotatable bonds is 11. The third-order valence-corrected chi connectivity index (χ3v) is 9.38. The molecule has 0 saturated heterocycles. The third-order valence-electron chi connectivity index (χ3n) is 5.49. The third kappa shape index (κ3) is 9.66. The molecule has 0 aromatic heterocycles. The molecule has 3 aromatic carbocycles. The van der Waals surface area contributed by atoms with Gasteiger partial charge in [0.05, 0.1) is 17.5 Å². The van der Waals surface area contributed by atoms with Crippen LogP contribution in [0.4, 0.5) is 13.2 Å². The summed E-state index contributed by atoms with van der Waals surface area (Å²) in [6.07, 6.45) is 2.74. The van der Waals surface area contributed by atoms with E-state index in [-0.39, 0.29) is 23.3 Å². The second-order valence-corrected chi connectivity index (χ2v) is 12.7. The second-order valence-electron chi connectivity index (χ2n) is 8.50. The average molecular weight is 648 g/mol. The molecule has 212 valence electrons. The van der Waals surface area contributed by atoms with Gasteiger partial charge in [-0.3, -0.25) is 0 Å². The van der Waals surface area contributed by atoms with Gasteiger partial charge in [-0.15, -0.1) is 0 Å². The Bertz CT molecular complexity index is 1270.